The topological polar surface area (TPSA) is 142 Å². The minimum atomic E-state index is -0.500. The zero-order valence-electron chi connectivity index (χ0n) is 17.4. The summed E-state index contributed by atoms with van der Waals surface area (Å²) in [5.41, 5.74) is 4.75. The summed E-state index contributed by atoms with van der Waals surface area (Å²) in [6.07, 6.45) is 6.94. The number of nitrogens with zero attached hydrogens (tertiary/aromatic N) is 7. The first-order chi connectivity index (χ1) is 15.5. The Bertz CT molecular complexity index is 1700. The highest BCUT2D eigenvalue weighted by Gasteiger charge is 2.21. The first kappa shape index (κ1) is 18.5. The van der Waals surface area contributed by atoms with Crippen molar-refractivity contribution in [1.29, 1.82) is 0 Å². The lowest BCUT2D eigenvalue weighted by molar-refractivity contribution is 0.454. The minimum Gasteiger partial charge on any atom is -0.493 e. The van der Waals surface area contributed by atoms with Crippen molar-refractivity contribution in [3.8, 4) is 11.8 Å². The fourth-order valence-electron chi connectivity index (χ4n) is 3.60. The molecule has 0 atom stereocenters. The second kappa shape index (κ2) is 6.61. The smallest absolute Gasteiger partial charge is 0.326 e. The molecule has 0 aliphatic heterocycles. The van der Waals surface area contributed by atoms with E-state index in [0.717, 1.165) is 35.0 Å². The van der Waals surface area contributed by atoms with Crippen LogP contribution in [0, 0.1) is 13.8 Å². The van der Waals surface area contributed by atoms with Gasteiger partial charge in [-0.1, -0.05) is 0 Å². The van der Waals surface area contributed by atoms with Gasteiger partial charge in [-0.05, 0) is 56.0 Å². The van der Waals surface area contributed by atoms with E-state index in [0.29, 0.717) is 22.4 Å². The second-order valence-electron chi connectivity index (χ2n) is 8.04. The molecule has 0 spiro atoms. The van der Waals surface area contributed by atoms with Crippen LogP contribution in [0.2, 0.25) is 0 Å². The van der Waals surface area contributed by atoms with E-state index in [1.165, 1.54) is 0 Å². The number of H-pyrrole nitrogens is 2. The van der Waals surface area contributed by atoms with E-state index in [1.54, 1.807) is 23.1 Å². The monoisotopic (exact) mass is 429 g/mol. The molecule has 5 aromatic rings. The van der Waals surface area contributed by atoms with E-state index in [1.807, 2.05) is 10.6 Å². The molecule has 1 saturated carbocycles. The summed E-state index contributed by atoms with van der Waals surface area (Å²) in [7, 11) is 0. The van der Waals surface area contributed by atoms with E-state index < -0.39 is 5.69 Å². The van der Waals surface area contributed by atoms with Crippen molar-refractivity contribution >= 4 is 22.8 Å². The zero-order chi connectivity index (χ0) is 22.0. The van der Waals surface area contributed by atoms with Crippen LogP contribution in [0.4, 0.5) is 0 Å². The SMILES string of the molecule is Cc1cc2ncn(-c3nc(=NC4CC4)n4ncc(=Cc5[nH]c(=O)[nH]c5O)c4n3)c2cc1C. The molecular formula is C21H19N9O2. The molecule has 0 radical (unpaired) electrons. The van der Waals surface area contributed by atoms with E-state index in [4.69, 9.17) is 9.98 Å². The van der Waals surface area contributed by atoms with Crippen molar-refractivity contribution in [3.63, 3.8) is 0 Å². The highest BCUT2D eigenvalue weighted by Crippen LogP contribution is 2.23. The Balaban J connectivity index is 1.64. The van der Waals surface area contributed by atoms with Gasteiger partial charge in [0.1, 0.15) is 12.0 Å². The van der Waals surface area contributed by atoms with Gasteiger partial charge in [0.05, 0.1) is 23.3 Å². The van der Waals surface area contributed by atoms with Crippen molar-refractivity contribution in [2.24, 2.45) is 4.99 Å². The van der Waals surface area contributed by atoms with Gasteiger partial charge >= 0.3 is 5.69 Å². The summed E-state index contributed by atoms with van der Waals surface area (Å²) in [5, 5.41) is 14.9. The number of imidazole rings is 2. The molecule has 0 saturated heterocycles. The zero-order valence-corrected chi connectivity index (χ0v) is 17.4. The van der Waals surface area contributed by atoms with E-state index in [2.05, 4.69) is 44.9 Å². The summed E-state index contributed by atoms with van der Waals surface area (Å²) in [6, 6.07) is 4.33. The number of benzene rings is 1. The number of aromatic amines is 2. The Morgan fingerprint density at radius 3 is 2.75 bits per heavy atom. The molecule has 0 amide bonds. The highest BCUT2D eigenvalue weighted by atomic mass is 16.3. The maximum atomic E-state index is 11.5. The predicted molar refractivity (Wildman–Crippen MR) is 115 cm³/mol. The van der Waals surface area contributed by atoms with Crippen molar-refractivity contribution < 1.29 is 5.11 Å². The molecule has 1 fully saturated rings. The van der Waals surface area contributed by atoms with Crippen molar-refractivity contribution in [1.82, 2.24) is 39.1 Å². The fraction of sp³-hybridized carbons (Fsp3) is 0.238. The van der Waals surface area contributed by atoms with Crippen molar-refractivity contribution in [2.75, 3.05) is 0 Å². The second-order valence-corrected chi connectivity index (χ2v) is 8.04. The van der Waals surface area contributed by atoms with Gasteiger partial charge in [-0.3, -0.25) is 9.55 Å². The molecule has 1 aliphatic rings. The molecule has 0 bridgehead atoms. The van der Waals surface area contributed by atoms with Gasteiger partial charge in [0.2, 0.25) is 11.8 Å². The Morgan fingerprint density at radius 1 is 1.19 bits per heavy atom. The van der Waals surface area contributed by atoms with Crippen molar-refractivity contribution in [2.45, 2.75) is 32.7 Å². The number of hydrogen-bond acceptors (Lipinski definition) is 7. The summed E-state index contributed by atoms with van der Waals surface area (Å²) < 4.78 is 3.41. The van der Waals surface area contributed by atoms with Crippen LogP contribution in [0.5, 0.6) is 5.88 Å². The Labute approximate surface area is 179 Å². The molecule has 11 nitrogen and oxygen atoms in total. The number of hydrogen-bond donors (Lipinski definition) is 3. The van der Waals surface area contributed by atoms with Gasteiger partial charge in [-0.15, -0.1) is 0 Å². The standard InChI is InChI=1S/C21H19N9O2/c1-10-5-14-16(6-11(10)2)29(9-22-14)19-26-17-12(7-15-18(31)27-21(32)25-15)8-23-30(17)20(28-19)24-13-3-4-13/h5-9,13,31H,3-4H2,1-2H3,(H2,25,27,32). The first-order valence-corrected chi connectivity index (χ1v) is 10.2. The highest BCUT2D eigenvalue weighted by molar-refractivity contribution is 5.78. The van der Waals surface area contributed by atoms with E-state index >= 15 is 0 Å². The lowest BCUT2D eigenvalue weighted by atomic mass is 10.1. The van der Waals surface area contributed by atoms with Crippen LogP contribution in [0.1, 0.15) is 29.7 Å². The third-order valence-electron chi connectivity index (χ3n) is 5.62. The number of aromatic hydroxyl groups is 1. The molecular weight excluding hydrogens is 410 g/mol. The summed E-state index contributed by atoms with van der Waals surface area (Å²) in [5.74, 6) is 0.169. The van der Waals surface area contributed by atoms with Gasteiger partial charge in [0, 0.05) is 5.22 Å². The third kappa shape index (κ3) is 2.97. The van der Waals surface area contributed by atoms with Gasteiger partial charge in [-0.25, -0.2) is 14.8 Å². The number of nitrogens with one attached hydrogen (secondary N) is 2. The lowest BCUT2D eigenvalue weighted by Crippen LogP contribution is -2.25. The Kier molecular flexibility index (Phi) is 3.82. The minimum absolute atomic E-state index is 0.229. The molecule has 1 aromatic carbocycles. The molecule has 4 aromatic heterocycles. The maximum absolute atomic E-state index is 11.5. The van der Waals surface area contributed by atoms with Gasteiger partial charge < -0.3 is 10.1 Å². The average Bonchev–Trinajstić information content (AvgIpc) is 3.19. The molecule has 6 rings (SSSR count). The van der Waals surface area contributed by atoms with Crippen LogP contribution in [-0.4, -0.2) is 50.2 Å². The van der Waals surface area contributed by atoms with E-state index in [-0.39, 0.29) is 17.6 Å². The van der Waals surface area contributed by atoms with Crippen molar-refractivity contribution in [3.05, 3.63) is 62.8 Å². The third-order valence-corrected chi connectivity index (χ3v) is 5.62. The fourth-order valence-corrected chi connectivity index (χ4v) is 3.60. The molecule has 1 aliphatic carbocycles. The maximum Gasteiger partial charge on any atom is 0.326 e. The first-order valence-electron chi connectivity index (χ1n) is 10.2. The summed E-state index contributed by atoms with van der Waals surface area (Å²) in [6.45, 7) is 4.11. The molecule has 160 valence electrons. The summed E-state index contributed by atoms with van der Waals surface area (Å²) in [4.78, 5) is 35.0. The van der Waals surface area contributed by atoms with Crippen LogP contribution in [-0.2, 0) is 0 Å². The summed E-state index contributed by atoms with van der Waals surface area (Å²) >= 11 is 0. The molecule has 3 N–H and O–H groups in total. The molecule has 11 heteroatoms. The lowest BCUT2D eigenvalue weighted by Gasteiger charge is -2.05. The molecule has 4 heterocycles. The van der Waals surface area contributed by atoms with Crippen LogP contribution >= 0.6 is 0 Å². The Hall–Kier alpha value is -4.28. The largest absolute Gasteiger partial charge is 0.493 e. The van der Waals surface area contributed by atoms with Gasteiger partial charge in [0.15, 0.2) is 5.65 Å². The number of aryl methyl sites for hydroxylation is 2. The Morgan fingerprint density at radius 2 is 2.00 bits per heavy atom. The van der Waals surface area contributed by atoms with Gasteiger partial charge in [-0.2, -0.15) is 19.6 Å². The average molecular weight is 429 g/mol. The molecule has 0 unspecified atom stereocenters. The molecule has 32 heavy (non-hydrogen) atoms. The number of fused-ring (bicyclic) bond motifs is 2. The van der Waals surface area contributed by atoms with Crippen LogP contribution in [0.3, 0.4) is 0 Å². The van der Waals surface area contributed by atoms with Gasteiger partial charge in [0.25, 0.3) is 5.62 Å². The quantitative estimate of drug-likeness (QED) is 0.379. The van der Waals surface area contributed by atoms with E-state index in [9.17, 15) is 9.90 Å². The normalized spacial score (nSPS) is 15.4. The van der Waals surface area contributed by atoms with Crippen LogP contribution in [0.25, 0.3) is 28.7 Å². The van der Waals surface area contributed by atoms with Crippen LogP contribution < -0.4 is 16.5 Å². The van der Waals surface area contributed by atoms with Crippen LogP contribution in [0.15, 0.2) is 34.4 Å². The predicted octanol–water partition coefficient (Wildman–Crippen LogP) is 0.413. The number of aromatic nitrogens is 8. The number of rotatable bonds is 3.